The number of aliphatic hydroxyl groups excluding tert-OH is 1. The number of rotatable bonds is 2. The van der Waals surface area contributed by atoms with Gasteiger partial charge >= 0.3 is 0 Å². The van der Waals surface area contributed by atoms with Crippen LogP contribution in [0.2, 0.25) is 0 Å². The van der Waals surface area contributed by atoms with Crippen LogP contribution in [0.3, 0.4) is 0 Å². The van der Waals surface area contributed by atoms with Gasteiger partial charge in [0.25, 0.3) is 0 Å². The Morgan fingerprint density at radius 1 is 1.45 bits per heavy atom. The fraction of sp³-hybridized carbons (Fsp3) is 0.250. The van der Waals surface area contributed by atoms with Crippen molar-refractivity contribution in [3.8, 4) is 0 Å². The summed E-state index contributed by atoms with van der Waals surface area (Å²) < 4.78 is 13.2. The van der Waals surface area contributed by atoms with Crippen molar-refractivity contribution in [2.45, 2.75) is 6.42 Å². The molecule has 60 valence electrons. The molecule has 0 atom stereocenters. The Labute approximate surface area is 73.0 Å². The molecule has 0 aliphatic carbocycles. The van der Waals surface area contributed by atoms with Crippen molar-refractivity contribution in [1.29, 1.82) is 0 Å². The number of aliphatic hydroxyl groups is 1. The molecule has 3 heteroatoms. The van der Waals surface area contributed by atoms with Crippen LogP contribution in [0.25, 0.3) is 0 Å². The predicted octanol–water partition coefficient (Wildman–Crippen LogP) is 2.12. The summed E-state index contributed by atoms with van der Waals surface area (Å²) in [5.74, 6) is -0.282. The molecule has 1 aromatic carbocycles. The molecule has 0 radical (unpaired) electrons. The highest BCUT2D eigenvalue weighted by Gasteiger charge is 2.02. The largest absolute Gasteiger partial charge is 0.396 e. The molecule has 1 aromatic rings. The van der Waals surface area contributed by atoms with Crippen molar-refractivity contribution in [2.75, 3.05) is 6.61 Å². The lowest BCUT2D eigenvalue weighted by atomic mass is 10.2. The molecule has 1 N–H and O–H groups in total. The van der Waals surface area contributed by atoms with Crippen molar-refractivity contribution >= 4 is 15.9 Å². The normalized spacial score (nSPS) is 10.1. The van der Waals surface area contributed by atoms with Gasteiger partial charge in [-0.2, -0.15) is 0 Å². The average molecular weight is 219 g/mol. The van der Waals surface area contributed by atoms with Gasteiger partial charge in [0, 0.05) is 6.61 Å². The van der Waals surface area contributed by atoms with Gasteiger partial charge in [-0.1, -0.05) is 12.1 Å². The van der Waals surface area contributed by atoms with Gasteiger partial charge in [0.15, 0.2) is 0 Å². The van der Waals surface area contributed by atoms with Crippen LogP contribution in [0.1, 0.15) is 5.56 Å². The van der Waals surface area contributed by atoms with Crippen LogP contribution in [0, 0.1) is 5.82 Å². The first-order valence-corrected chi connectivity index (χ1v) is 4.08. The molecule has 0 aliphatic rings. The Kier molecular flexibility index (Phi) is 3.02. The average Bonchev–Trinajstić information content (AvgIpc) is 1.99. The van der Waals surface area contributed by atoms with Gasteiger partial charge in [-0.05, 0) is 34.0 Å². The lowest BCUT2D eigenvalue weighted by molar-refractivity contribution is 0.299. The zero-order valence-corrected chi connectivity index (χ0v) is 7.44. The standard InChI is InChI=1S/C8H8BrFO/c9-8-6(4-5-11)2-1-3-7(8)10/h1-3,11H,4-5H2. The lowest BCUT2D eigenvalue weighted by Gasteiger charge is -2.01. The summed E-state index contributed by atoms with van der Waals surface area (Å²) in [6, 6.07) is 4.79. The van der Waals surface area contributed by atoms with Gasteiger partial charge in [0.05, 0.1) is 4.47 Å². The van der Waals surface area contributed by atoms with E-state index in [9.17, 15) is 4.39 Å². The van der Waals surface area contributed by atoms with E-state index in [2.05, 4.69) is 15.9 Å². The van der Waals surface area contributed by atoms with Crippen LogP contribution >= 0.6 is 15.9 Å². The molecule has 0 unspecified atom stereocenters. The molecular weight excluding hydrogens is 211 g/mol. The third kappa shape index (κ3) is 2.01. The van der Waals surface area contributed by atoms with E-state index in [1.807, 2.05) is 0 Å². The predicted molar refractivity (Wildman–Crippen MR) is 44.9 cm³/mol. The third-order valence-electron chi connectivity index (χ3n) is 1.41. The van der Waals surface area contributed by atoms with Crippen LogP contribution in [-0.2, 0) is 6.42 Å². The van der Waals surface area contributed by atoms with E-state index in [1.54, 1.807) is 12.1 Å². The second-order valence-electron chi connectivity index (χ2n) is 2.19. The third-order valence-corrected chi connectivity index (χ3v) is 2.30. The zero-order chi connectivity index (χ0) is 8.27. The van der Waals surface area contributed by atoms with Crippen LogP contribution < -0.4 is 0 Å². The Hall–Kier alpha value is -0.410. The molecule has 1 nitrogen and oxygen atoms in total. The quantitative estimate of drug-likeness (QED) is 0.807. The maximum atomic E-state index is 12.8. The van der Waals surface area contributed by atoms with Crippen LogP contribution in [-0.4, -0.2) is 11.7 Å². The van der Waals surface area contributed by atoms with Gasteiger partial charge in [0.1, 0.15) is 5.82 Å². The number of halogens is 2. The lowest BCUT2D eigenvalue weighted by Crippen LogP contribution is -1.93. The van der Waals surface area contributed by atoms with E-state index in [1.165, 1.54) is 6.07 Å². The molecule has 1 rings (SSSR count). The molecule has 0 spiro atoms. The number of benzene rings is 1. The van der Waals surface area contributed by atoms with E-state index in [0.29, 0.717) is 10.9 Å². The van der Waals surface area contributed by atoms with Crippen molar-refractivity contribution in [3.05, 3.63) is 34.1 Å². The molecule has 0 saturated heterocycles. The summed E-state index contributed by atoms with van der Waals surface area (Å²) in [6.45, 7) is 0.0437. The summed E-state index contributed by atoms with van der Waals surface area (Å²) in [7, 11) is 0. The van der Waals surface area contributed by atoms with Gasteiger partial charge in [0.2, 0.25) is 0 Å². The van der Waals surface area contributed by atoms with Crippen LogP contribution in [0.4, 0.5) is 4.39 Å². The van der Waals surface area contributed by atoms with Gasteiger partial charge < -0.3 is 5.11 Å². The molecule has 0 saturated carbocycles. The molecule has 0 aliphatic heterocycles. The Morgan fingerprint density at radius 2 is 2.18 bits per heavy atom. The first-order valence-electron chi connectivity index (χ1n) is 3.29. The van der Waals surface area contributed by atoms with Crippen molar-refractivity contribution in [2.24, 2.45) is 0 Å². The fourth-order valence-corrected chi connectivity index (χ4v) is 1.32. The Morgan fingerprint density at radius 3 is 2.82 bits per heavy atom. The van der Waals surface area contributed by atoms with Gasteiger partial charge in [-0.15, -0.1) is 0 Å². The summed E-state index contributed by atoms with van der Waals surface area (Å²) >= 11 is 3.10. The van der Waals surface area contributed by atoms with Crippen molar-refractivity contribution in [1.82, 2.24) is 0 Å². The van der Waals surface area contributed by atoms with Gasteiger partial charge in [-0.3, -0.25) is 0 Å². The van der Waals surface area contributed by atoms with E-state index < -0.39 is 0 Å². The van der Waals surface area contributed by atoms with Crippen LogP contribution in [0.5, 0.6) is 0 Å². The summed E-state index contributed by atoms with van der Waals surface area (Å²) in [5, 5.41) is 8.59. The smallest absolute Gasteiger partial charge is 0.137 e. The van der Waals surface area contributed by atoms with Crippen molar-refractivity contribution < 1.29 is 9.50 Å². The maximum absolute atomic E-state index is 12.8. The van der Waals surface area contributed by atoms with Gasteiger partial charge in [-0.25, -0.2) is 4.39 Å². The van der Waals surface area contributed by atoms with E-state index in [-0.39, 0.29) is 12.4 Å². The molecule has 11 heavy (non-hydrogen) atoms. The minimum atomic E-state index is -0.282. The minimum absolute atomic E-state index is 0.0437. The first-order chi connectivity index (χ1) is 5.25. The Bertz CT molecular complexity index is 250. The summed E-state index contributed by atoms with van der Waals surface area (Å²) in [5.41, 5.74) is 0.799. The van der Waals surface area contributed by atoms with Crippen molar-refractivity contribution in [3.63, 3.8) is 0 Å². The minimum Gasteiger partial charge on any atom is -0.396 e. The molecule has 0 bridgehead atoms. The molecule has 0 fully saturated rings. The van der Waals surface area contributed by atoms with Crippen LogP contribution in [0.15, 0.2) is 22.7 Å². The van der Waals surface area contributed by atoms with E-state index in [4.69, 9.17) is 5.11 Å². The topological polar surface area (TPSA) is 20.2 Å². The maximum Gasteiger partial charge on any atom is 0.137 e. The monoisotopic (exact) mass is 218 g/mol. The SMILES string of the molecule is OCCc1cccc(F)c1Br. The van der Waals surface area contributed by atoms with E-state index >= 15 is 0 Å². The second kappa shape index (κ2) is 3.83. The number of hydrogen-bond donors (Lipinski definition) is 1. The highest BCUT2D eigenvalue weighted by atomic mass is 79.9. The fourth-order valence-electron chi connectivity index (χ4n) is 0.862. The summed E-state index contributed by atoms with van der Waals surface area (Å²) in [4.78, 5) is 0. The first kappa shape index (κ1) is 8.68. The second-order valence-corrected chi connectivity index (χ2v) is 2.98. The highest BCUT2D eigenvalue weighted by molar-refractivity contribution is 9.10. The Balaban J connectivity index is 2.96. The summed E-state index contributed by atoms with van der Waals surface area (Å²) in [6.07, 6.45) is 0.484. The zero-order valence-electron chi connectivity index (χ0n) is 5.85. The highest BCUT2D eigenvalue weighted by Crippen LogP contribution is 2.20. The molecule has 0 amide bonds. The molecule has 0 heterocycles. The molecule has 0 aromatic heterocycles. The number of hydrogen-bond acceptors (Lipinski definition) is 1. The van der Waals surface area contributed by atoms with E-state index in [0.717, 1.165) is 5.56 Å². The molecular formula is C8H8BrFO.